The molecule has 12 nitrogen and oxygen atoms in total. The van der Waals surface area contributed by atoms with Gasteiger partial charge in [0.15, 0.2) is 11.6 Å². The molecule has 0 unspecified atom stereocenters. The zero-order valence-electron chi connectivity index (χ0n) is 14.2. The first-order valence-corrected chi connectivity index (χ1v) is 9.45. The van der Waals surface area contributed by atoms with Crippen LogP contribution in [0.1, 0.15) is 5.56 Å². The number of urea groups is 1. The van der Waals surface area contributed by atoms with Crippen LogP contribution >= 0.6 is 11.6 Å². The van der Waals surface area contributed by atoms with Gasteiger partial charge < -0.3 is 14.3 Å². The third-order valence-electron chi connectivity index (χ3n) is 3.15. The molecule has 0 bridgehead atoms. The van der Waals surface area contributed by atoms with Crippen molar-refractivity contribution in [1.29, 1.82) is 0 Å². The van der Waals surface area contributed by atoms with Crippen molar-refractivity contribution in [3.05, 3.63) is 35.1 Å². The number of aromatic nitrogens is 3. The fourth-order valence-corrected chi connectivity index (χ4v) is 3.27. The number of ether oxygens (including phenoxy) is 2. The molecule has 0 atom stereocenters. The van der Waals surface area contributed by atoms with E-state index in [4.69, 9.17) is 25.9 Å². The second-order valence-corrected chi connectivity index (χ2v) is 7.04. The van der Waals surface area contributed by atoms with Crippen molar-refractivity contribution < 1.29 is 27.5 Å². The number of pyridine rings is 1. The molecule has 3 rings (SSSR count). The predicted molar refractivity (Wildman–Crippen MR) is 95.6 cm³/mol. The average Bonchev–Trinajstić information content (AvgIpc) is 2.67. The lowest BCUT2D eigenvalue weighted by molar-refractivity contribution is 0.0653. The van der Waals surface area contributed by atoms with E-state index in [2.05, 4.69) is 25.4 Å². The Morgan fingerprint density at radius 3 is 2.86 bits per heavy atom. The molecule has 1 aliphatic rings. The van der Waals surface area contributed by atoms with Crippen LogP contribution in [0, 0.1) is 0 Å². The molecule has 0 aliphatic carbocycles. The number of anilines is 1. The Labute approximate surface area is 163 Å². The number of carbonyl (C=O) groups excluding carboxylic acids is 1. The molecule has 28 heavy (non-hydrogen) atoms. The van der Waals surface area contributed by atoms with Crippen LogP contribution in [0.4, 0.5) is 10.7 Å². The van der Waals surface area contributed by atoms with Gasteiger partial charge in [0.1, 0.15) is 11.8 Å². The Hall–Kier alpha value is -3.19. The Morgan fingerprint density at radius 1 is 1.32 bits per heavy atom. The molecule has 14 heteroatoms. The number of nitrogens with one attached hydrogen (secondary N) is 2. The number of methoxy groups -OCH3 is 1. The SMILES string of the molecule is COc1cc(Cl)nc(NC(=O)NS(=O)(=O)c2ncccc2C2=NOCCO2)n1. The van der Waals surface area contributed by atoms with Crippen LogP contribution in [-0.2, 0) is 19.6 Å². The van der Waals surface area contributed by atoms with E-state index >= 15 is 0 Å². The number of amides is 2. The minimum Gasteiger partial charge on any atom is -0.481 e. The molecular weight excluding hydrogens is 416 g/mol. The van der Waals surface area contributed by atoms with E-state index in [1.54, 1.807) is 4.72 Å². The number of nitrogens with zero attached hydrogens (tertiary/aromatic N) is 4. The van der Waals surface area contributed by atoms with Crippen LogP contribution in [0.15, 0.2) is 34.6 Å². The lowest BCUT2D eigenvalue weighted by Crippen LogP contribution is -2.36. The largest absolute Gasteiger partial charge is 0.481 e. The van der Waals surface area contributed by atoms with Gasteiger partial charge in [-0.25, -0.2) is 19.5 Å². The van der Waals surface area contributed by atoms with E-state index < -0.39 is 21.1 Å². The minimum atomic E-state index is -4.39. The lowest BCUT2D eigenvalue weighted by atomic mass is 10.3. The highest BCUT2D eigenvalue weighted by Gasteiger charge is 2.27. The van der Waals surface area contributed by atoms with Crippen molar-refractivity contribution >= 4 is 39.5 Å². The monoisotopic (exact) mass is 428 g/mol. The first kappa shape index (κ1) is 19.6. The first-order chi connectivity index (χ1) is 13.4. The Morgan fingerprint density at radius 2 is 2.14 bits per heavy atom. The summed E-state index contributed by atoms with van der Waals surface area (Å²) >= 11 is 5.78. The molecule has 148 valence electrons. The molecular formula is C14H13ClN6O6S. The molecule has 2 amide bonds. The summed E-state index contributed by atoms with van der Waals surface area (Å²) in [5, 5.41) is 5.33. The maximum atomic E-state index is 12.6. The van der Waals surface area contributed by atoms with Gasteiger partial charge in [-0.2, -0.15) is 13.4 Å². The molecule has 3 heterocycles. The second kappa shape index (κ2) is 8.22. The summed E-state index contributed by atoms with van der Waals surface area (Å²) in [5.74, 6) is -0.243. The minimum absolute atomic E-state index is 0.00974. The summed E-state index contributed by atoms with van der Waals surface area (Å²) < 4.78 is 37.2. The van der Waals surface area contributed by atoms with Crippen molar-refractivity contribution in [2.75, 3.05) is 25.6 Å². The second-order valence-electron chi connectivity index (χ2n) is 5.05. The lowest BCUT2D eigenvalue weighted by Gasteiger charge is -2.15. The molecule has 1 aliphatic heterocycles. The van der Waals surface area contributed by atoms with Gasteiger partial charge in [-0.05, 0) is 17.3 Å². The molecule has 2 aromatic heterocycles. The molecule has 0 radical (unpaired) electrons. The highest BCUT2D eigenvalue weighted by atomic mass is 35.5. The van der Waals surface area contributed by atoms with Gasteiger partial charge >= 0.3 is 6.03 Å². The van der Waals surface area contributed by atoms with Gasteiger partial charge in [0.25, 0.3) is 15.9 Å². The summed E-state index contributed by atoms with van der Waals surface area (Å²) in [5.41, 5.74) is 0.0307. The molecule has 0 fully saturated rings. The number of halogens is 1. The Balaban J connectivity index is 1.82. The molecule has 2 aromatic rings. The highest BCUT2D eigenvalue weighted by molar-refractivity contribution is 7.90. The number of hydrogen-bond acceptors (Lipinski definition) is 10. The first-order valence-electron chi connectivity index (χ1n) is 7.59. The maximum Gasteiger partial charge on any atom is 0.335 e. The van der Waals surface area contributed by atoms with Gasteiger partial charge in [-0.15, -0.1) is 0 Å². The van der Waals surface area contributed by atoms with Gasteiger partial charge in [0, 0.05) is 12.3 Å². The Bertz CT molecular complexity index is 1030. The van der Waals surface area contributed by atoms with Gasteiger partial charge in [-0.3, -0.25) is 5.32 Å². The maximum absolute atomic E-state index is 12.6. The van der Waals surface area contributed by atoms with E-state index in [1.807, 2.05) is 0 Å². The normalized spacial score (nSPS) is 13.6. The number of carbonyl (C=O) groups is 1. The van der Waals surface area contributed by atoms with Crippen molar-refractivity contribution in [3.63, 3.8) is 0 Å². The quantitative estimate of drug-likeness (QED) is 0.656. The molecule has 0 spiro atoms. The van der Waals surface area contributed by atoms with E-state index in [0.29, 0.717) is 0 Å². The van der Waals surface area contributed by atoms with E-state index in [9.17, 15) is 13.2 Å². The van der Waals surface area contributed by atoms with Gasteiger partial charge in [0.2, 0.25) is 11.8 Å². The smallest absolute Gasteiger partial charge is 0.335 e. The van der Waals surface area contributed by atoms with Crippen LogP contribution in [0.2, 0.25) is 5.15 Å². The van der Waals surface area contributed by atoms with Crippen LogP contribution in [0.5, 0.6) is 5.88 Å². The average molecular weight is 429 g/mol. The third kappa shape index (κ3) is 4.55. The summed E-state index contributed by atoms with van der Waals surface area (Å²) in [4.78, 5) is 28.4. The predicted octanol–water partition coefficient (Wildman–Crippen LogP) is 0.752. The highest BCUT2D eigenvalue weighted by Crippen LogP contribution is 2.17. The fourth-order valence-electron chi connectivity index (χ4n) is 2.06. The van der Waals surface area contributed by atoms with Gasteiger partial charge in [-0.1, -0.05) is 11.6 Å². The number of sulfonamides is 1. The van der Waals surface area contributed by atoms with Crippen LogP contribution in [0.3, 0.4) is 0 Å². The summed E-state index contributed by atoms with van der Waals surface area (Å²) in [6, 6.07) is 3.08. The third-order valence-corrected chi connectivity index (χ3v) is 4.63. The van der Waals surface area contributed by atoms with Gasteiger partial charge in [0.05, 0.1) is 12.7 Å². The molecule has 0 aromatic carbocycles. The summed E-state index contributed by atoms with van der Waals surface area (Å²) in [6.07, 6.45) is 1.24. The van der Waals surface area contributed by atoms with Crippen molar-refractivity contribution in [1.82, 2.24) is 19.7 Å². The van der Waals surface area contributed by atoms with Crippen LogP contribution in [0.25, 0.3) is 0 Å². The molecule has 2 N–H and O–H groups in total. The van der Waals surface area contributed by atoms with Crippen LogP contribution < -0.4 is 14.8 Å². The van der Waals surface area contributed by atoms with E-state index in [1.165, 1.54) is 31.5 Å². The number of oxime groups is 1. The molecule has 0 saturated carbocycles. The van der Waals surface area contributed by atoms with Crippen molar-refractivity contribution in [3.8, 4) is 5.88 Å². The van der Waals surface area contributed by atoms with Crippen molar-refractivity contribution in [2.24, 2.45) is 5.16 Å². The number of rotatable bonds is 5. The Kier molecular flexibility index (Phi) is 5.75. The van der Waals surface area contributed by atoms with Crippen LogP contribution in [-0.4, -0.2) is 55.6 Å². The van der Waals surface area contributed by atoms with E-state index in [0.717, 1.165) is 0 Å². The molecule has 0 saturated heterocycles. The zero-order chi connectivity index (χ0) is 20.1. The fraction of sp³-hybridized carbons (Fsp3) is 0.214. The topological polar surface area (TPSA) is 154 Å². The number of hydrogen-bond donors (Lipinski definition) is 2. The zero-order valence-corrected chi connectivity index (χ0v) is 15.8. The summed E-state index contributed by atoms with van der Waals surface area (Å²) in [7, 11) is -3.05. The van der Waals surface area contributed by atoms with E-state index in [-0.39, 0.29) is 41.7 Å². The summed E-state index contributed by atoms with van der Waals surface area (Å²) in [6.45, 7) is 0.421. The van der Waals surface area contributed by atoms with Crippen molar-refractivity contribution in [2.45, 2.75) is 5.03 Å². The standard InChI is InChI=1S/C14H13ClN6O6S/c1-25-10-7-9(15)17-13(18-10)19-14(22)21-28(23,24)12-8(3-2-4-16-12)11-20-27-6-5-26-11/h2-4,7H,5-6H2,1H3,(H2,17,18,19,21,22).